The highest BCUT2D eigenvalue weighted by atomic mass is 35.5. The smallest absolute Gasteiger partial charge is 0.115 e. The van der Waals surface area contributed by atoms with Crippen molar-refractivity contribution in [2.24, 2.45) is 5.73 Å². The lowest BCUT2D eigenvalue weighted by Gasteiger charge is -2.01. The van der Waals surface area contributed by atoms with E-state index in [2.05, 4.69) is 0 Å². The van der Waals surface area contributed by atoms with Gasteiger partial charge in [0.05, 0.1) is 0 Å². The van der Waals surface area contributed by atoms with E-state index < -0.39 is 6.17 Å². The summed E-state index contributed by atoms with van der Waals surface area (Å²) in [4.78, 5) is 0. The summed E-state index contributed by atoms with van der Waals surface area (Å²) < 4.78 is 12.2. The standard InChI is InChI=1S/C5H10FN.ClH/c6-4-2-1-3-5(4)7;/h4-5H,1-3,7H2;1H/t4-,5-;/m0./s1. The molecule has 1 saturated carbocycles. The Bertz CT molecular complexity index is 61.4. The molecule has 1 rings (SSSR count). The Labute approximate surface area is 54.9 Å². The minimum atomic E-state index is -0.708. The lowest BCUT2D eigenvalue weighted by molar-refractivity contribution is 0.312. The van der Waals surface area contributed by atoms with Gasteiger partial charge >= 0.3 is 0 Å². The quantitative estimate of drug-likeness (QED) is 0.537. The van der Waals surface area contributed by atoms with E-state index >= 15 is 0 Å². The van der Waals surface area contributed by atoms with Gasteiger partial charge in [-0.3, -0.25) is 0 Å². The lowest BCUT2D eigenvalue weighted by atomic mass is 10.2. The van der Waals surface area contributed by atoms with E-state index in [1.807, 2.05) is 0 Å². The maximum Gasteiger partial charge on any atom is 0.115 e. The average Bonchev–Trinajstić information content (AvgIpc) is 1.91. The molecule has 0 aromatic heterocycles. The summed E-state index contributed by atoms with van der Waals surface area (Å²) in [7, 11) is 0. The summed E-state index contributed by atoms with van der Waals surface area (Å²) in [5.41, 5.74) is 5.30. The molecule has 50 valence electrons. The van der Waals surface area contributed by atoms with Gasteiger partial charge in [0.15, 0.2) is 0 Å². The molecule has 0 radical (unpaired) electrons. The normalized spacial score (nSPS) is 36.8. The van der Waals surface area contributed by atoms with Gasteiger partial charge in [-0.2, -0.15) is 0 Å². The second kappa shape index (κ2) is 3.25. The molecule has 1 fully saturated rings. The molecule has 0 spiro atoms. The molecule has 0 aliphatic heterocycles. The molecule has 2 atom stereocenters. The van der Waals surface area contributed by atoms with Crippen molar-refractivity contribution in [3.8, 4) is 0 Å². The van der Waals surface area contributed by atoms with Crippen LogP contribution in [0.3, 0.4) is 0 Å². The molecule has 0 heterocycles. The van der Waals surface area contributed by atoms with Crippen molar-refractivity contribution in [1.29, 1.82) is 0 Å². The molecular formula is C5H11ClFN. The fourth-order valence-electron chi connectivity index (χ4n) is 0.943. The van der Waals surface area contributed by atoms with E-state index in [-0.39, 0.29) is 18.4 Å². The monoisotopic (exact) mass is 139 g/mol. The topological polar surface area (TPSA) is 26.0 Å². The predicted molar refractivity (Wildman–Crippen MR) is 34.0 cm³/mol. The van der Waals surface area contributed by atoms with Crippen molar-refractivity contribution in [1.82, 2.24) is 0 Å². The predicted octanol–water partition coefficient (Wildman–Crippen LogP) is 1.26. The van der Waals surface area contributed by atoms with E-state index in [9.17, 15) is 4.39 Å². The fraction of sp³-hybridized carbons (Fsp3) is 1.00. The van der Waals surface area contributed by atoms with Crippen LogP contribution in [0.2, 0.25) is 0 Å². The average molecular weight is 140 g/mol. The first kappa shape index (κ1) is 8.18. The van der Waals surface area contributed by atoms with Crippen molar-refractivity contribution in [3.05, 3.63) is 0 Å². The zero-order chi connectivity index (χ0) is 5.28. The molecule has 3 heteroatoms. The highest BCUT2D eigenvalue weighted by Crippen LogP contribution is 2.19. The van der Waals surface area contributed by atoms with Crippen LogP contribution in [0.15, 0.2) is 0 Å². The van der Waals surface area contributed by atoms with Crippen molar-refractivity contribution in [2.75, 3.05) is 0 Å². The van der Waals surface area contributed by atoms with Crippen LogP contribution >= 0.6 is 12.4 Å². The van der Waals surface area contributed by atoms with Crippen molar-refractivity contribution >= 4 is 12.4 Å². The van der Waals surface area contributed by atoms with Gasteiger partial charge in [0, 0.05) is 6.04 Å². The van der Waals surface area contributed by atoms with E-state index in [4.69, 9.17) is 5.73 Å². The molecule has 2 N–H and O–H groups in total. The largest absolute Gasteiger partial charge is 0.325 e. The van der Waals surface area contributed by atoms with Gasteiger partial charge in [0.2, 0.25) is 0 Å². The summed E-state index contributed by atoms with van der Waals surface area (Å²) in [6.45, 7) is 0. The van der Waals surface area contributed by atoms with Crippen LogP contribution in [-0.4, -0.2) is 12.2 Å². The third kappa shape index (κ3) is 1.60. The van der Waals surface area contributed by atoms with E-state index in [0.717, 1.165) is 12.8 Å². The van der Waals surface area contributed by atoms with Crippen LogP contribution in [0.5, 0.6) is 0 Å². The van der Waals surface area contributed by atoms with Gasteiger partial charge in [-0.05, 0) is 19.3 Å². The molecule has 1 nitrogen and oxygen atoms in total. The second-order valence-corrected chi connectivity index (χ2v) is 2.11. The molecule has 8 heavy (non-hydrogen) atoms. The SMILES string of the molecule is Cl.N[C@H]1CCC[C@@H]1F. The molecule has 0 amide bonds. The second-order valence-electron chi connectivity index (χ2n) is 2.11. The Kier molecular flexibility index (Phi) is 3.33. The number of rotatable bonds is 0. The van der Waals surface area contributed by atoms with Gasteiger partial charge in [-0.1, -0.05) is 0 Å². The highest BCUT2D eigenvalue weighted by Gasteiger charge is 2.22. The fourth-order valence-corrected chi connectivity index (χ4v) is 0.943. The molecule has 1 aliphatic rings. The van der Waals surface area contributed by atoms with Crippen molar-refractivity contribution in [3.63, 3.8) is 0 Å². The van der Waals surface area contributed by atoms with Crippen molar-refractivity contribution in [2.45, 2.75) is 31.5 Å². The highest BCUT2D eigenvalue weighted by molar-refractivity contribution is 5.85. The third-order valence-corrected chi connectivity index (χ3v) is 1.48. The van der Waals surface area contributed by atoms with Gasteiger partial charge in [-0.15, -0.1) is 12.4 Å². The minimum absolute atomic E-state index is 0. The van der Waals surface area contributed by atoms with Gasteiger partial charge in [0.25, 0.3) is 0 Å². The van der Waals surface area contributed by atoms with Gasteiger partial charge < -0.3 is 5.73 Å². The Morgan fingerprint density at radius 1 is 1.38 bits per heavy atom. The third-order valence-electron chi connectivity index (χ3n) is 1.48. The molecule has 0 bridgehead atoms. The van der Waals surface area contributed by atoms with E-state index in [0.29, 0.717) is 6.42 Å². The van der Waals surface area contributed by atoms with Crippen LogP contribution in [0.1, 0.15) is 19.3 Å². The minimum Gasteiger partial charge on any atom is -0.325 e. The summed E-state index contributed by atoms with van der Waals surface area (Å²) in [6.07, 6.45) is 1.82. The van der Waals surface area contributed by atoms with Gasteiger partial charge in [-0.25, -0.2) is 4.39 Å². The molecule has 0 unspecified atom stereocenters. The van der Waals surface area contributed by atoms with Crippen LogP contribution < -0.4 is 5.73 Å². The molecule has 0 saturated heterocycles. The summed E-state index contributed by atoms with van der Waals surface area (Å²) >= 11 is 0. The number of alkyl halides is 1. The Hall–Kier alpha value is 0.180. The number of nitrogens with two attached hydrogens (primary N) is 1. The number of hydrogen-bond donors (Lipinski definition) is 1. The summed E-state index contributed by atoms with van der Waals surface area (Å²) in [5.74, 6) is 0. The van der Waals surface area contributed by atoms with E-state index in [1.165, 1.54) is 0 Å². The Morgan fingerprint density at radius 2 is 2.00 bits per heavy atom. The van der Waals surface area contributed by atoms with Crippen LogP contribution in [0.25, 0.3) is 0 Å². The Balaban J connectivity index is 0.000000490. The Morgan fingerprint density at radius 3 is 2.12 bits per heavy atom. The van der Waals surface area contributed by atoms with Crippen LogP contribution in [0, 0.1) is 0 Å². The molecule has 0 aromatic carbocycles. The summed E-state index contributed by atoms with van der Waals surface area (Å²) in [6, 6.07) is -0.153. The van der Waals surface area contributed by atoms with Crippen molar-refractivity contribution < 1.29 is 4.39 Å². The first-order valence-electron chi connectivity index (χ1n) is 2.70. The van der Waals surface area contributed by atoms with Gasteiger partial charge in [0.1, 0.15) is 6.17 Å². The molecule has 1 aliphatic carbocycles. The first-order valence-corrected chi connectivity index (χ1v) is 2.70. The number of hydrogen-bond acceptors (Lipinski definition) is 1. The summed E-state index contributed by atoms with van der Waals surface area (Å²) in [5, 5.41) is 0. The van der Waals surface area contributed by atoms with E-state index in [1.54, 1.807) is 0 Å². The van der Waals surface area contributed by atoms with Crippen LogP contribution in [-0.2, 0) is 0 Å². The van der Waals surface area contributed by atoms with Crippen LogP contribution in [0.4, 0.5) is 4.39 Å². The molecular weight excluding hydrogens is 129 g/mol. The zero-order valence-electron chi connectivity index (χ0n) is 4.64. The zero-order valence-corrected chi connectivity index (χ0v) is 5.46. The first-order chi connectivity index (χ1) is 3.30. The lowest BCUT2D eigenvalue weighted by Crippen LogP contribution is -2.24. The number of halogens is 2. The maximum atomic E-state index is 12.2. The molecule has 0 aromatic rings. The maximum absolute atomic E-state index is 12.2.